The average Bonchev–Trinajstić information content (AvgIpc) is 2.80. The number of rotatable bonds is 2. The van der Waals surface area contributed by atoms with Crippen molar-refractivity contribution in [3.8, 4) is 11.5 Å². The fourth-order valence-electron chi connectivity index (χ4n) is 3.45. The first-order chi connectivity index (χ1) is 16.2. The van der Waals surface area contributed by atoms with Crippen LogP contribution in [-0.2, 0) is 9.47 Å². The van der Waals surface area contributed by atoms with Crippen molar-refractivity contribution in [3.63, 3.8) is 0 Å². The summed E-state index contributed by atoms with van der Waals surface area (Å²) in [7, 11) is 0. The number of aliphatic hydroxyl groups excluding tert-OH is 2. The predicted octanol–water partition coefficient (Wildman–Crippen LogP) is 3.20. The van der Waals surface area contributed by atoms with Crippen LogP contribution in [0.15, 0.2) is 60.7 Å². The Morgan fingerprint density at radius 2 is 1.76 bits per heavy atom. The van der Waals surface area contributed by atoms with Crippen LogP contribution in [0.1, 0.15) is 46.5 Å². The van der Waals surface area contributed by atoms with E-state index in [1.165, 1.54) is 24.3 Å². The molecule has 0 amide bonds. The zero-order valence-electron chi connectivity index (χ0n) is 18.9. The van der Waals surface area contributed by atoms with Crippen molar-refractivity contribution >= 4 is 18.0 Å². The van der Waals surface area contributed by atoms with Crippen LogP contribution in [0.4, 0.5) is 0 Å². The van der Waals surface area contributed by atoms with Crippen LogP contribution in [0.2, 0.25) is 0 Å². The monoisotopic (exact) mass is 468 g/mol. The van der Waals surface area contributed by atoms with E-state index >= 15 is 0 Å². The minimum absolute atomic E-state index is 0.0642. The molecule has 8 heteroatoms. The van der Waals surface area contributed by atoms with Crippen LogP contribution >= 0.6 is 0 Å². The number of phenols is 2. The Hall–Kier alpha value is -3.62. The Labute approximate surface area is 197 Å². The minimum atomic E-state index is -1.45. The number of carbonyl (C=O) groups is 2. The number of carbonyl (C=O) groups excluding carboxylic acids is 2. The van der Waals surface area contributed by atoms with Crippen molar-refractivity contribution in [2.24, 2.45) is 5.92 Å². The van der Waals surface area contributed by atoms with Gasteiger partial charge in [0.2, 0.25) is 0 Å². The van der Waals surface area contributed by atoms with Gasteiger partial charge in [-0.05, 0) is 43.2 Å². The van der Waals surface area contributed by atoms with Gasteiger partial charge < -0.3 is 29.9 Å². The molecule has 0 saturated carbocycles. The third kappa shape index (κ3) is 6.03. The molecule has 3 rings (SSSR count). The zero-order valence-corrected chi connectivity index (χ0v) is 18.9. The highest BCUT2D eigenvalue weighted by molar-refractivity contribution is 5.97. The molecular formula is C26H28O8. The lowest BCUT2D eigenvalue weighted by Gasteiger charge is -2.25. The van der Waals surface area contributed by atoms with Crippen LogP contribution in [-0.4, -0.2) is 56.8 Å². The number of hydrogen-bond acceptors (Lipinski definition) is 8. The number of aromatic hydroxyl groups is 2. The van der Waals surface area contributed by atoms with Crippen molar-refractivity contribution in [2.75, 3.05) is 0 Å². The van der Waals surface area contributed by atoms with E-state index in [1.54, 1.807) is 50.3 Å². The van der Waals surface area contributed by atoms with Gasteiger partial charge in [0.25, 0.3) is 0 Å². The molecular weight excluding hydrogens is 440 g/mol. The lowest BCUT2D eigenvalue weighted by atomic mass is 9.98. The summed E-state index contributed by atoms with van der Waals surface area (Å²) in [5, 5.41) is 41.4. The van der Waals surface area contributed by atoms with Crippen molar-refractivity contribution in [1.82, 2.24) is 0 Å². The van der Waals surface area contributed by atoms with Gasteiger partial charge in [-0.2, -0.15) is 0 Å². The summed E-state index contributed by atoms with van der Waals surface area (Å²) in [5.41, 5.74) is 0.353. The first-order valence-electron chi connectivity index (χ1n) is 10.9. The normalized spacial score (nSPS) is 27.5. The third-order valence-corrected chi connectivity index (χ3v) is 5.63. The lowest BCUT2D eigenvalue weighted by Crippen LogP contribution is -2.39. The molecule has 2 aromatic rings. The van der Waals surface area contributed by atoms with Crippen molar-refractivity contribution in [1.29, 1.82) is 0 Å². The second-order valence-corrected chi connectivity index (χ2v) is 8.22. The molecule has 4 N–H and O–H groups in total. The van der Waals surface area contributed by atoms with E-state index in [4.69, 9.17) is 9.47 Å². The van der Waals surface area contributed by atoms with Gasteiger partial charge >= 0.3 is 11.9 Å². The van der Waals surface area contributed by atoms with E-state index in [2.05, 4.69) is 0 Å². The maximum Gasteiger partial charge on any atom is 0.342 e. The van der Waals surface area contributed by atoms with Gasteiger partial charge in [-0.3, -0.25) is 0 Å². The summed E-state index contributed by atoms with van der Waals surface area (Å²) in [4.78, 5) is 25.3. The smallest absolute Gasteiger partial charge is 0.342 e. The standard InChI is InChI=1S/C26H28O8/c1-15-11-12-22(34-25(31)17-7-4-3-5-8-17)24(30)20(28)10-6-9-18-13-19(27)14-21(29)23(18)26(32)33-16(15)2/h3-9,11-16,20,22,24,27-30H,10H2,1-2H3/b9-6+,12-11-/t15-,16?,20?,22?,24?/m1/s1. The number of cyclic esters (lactones) is 1. The van der Waals surface area contributed by atoms with Gasteiger partial charge in [0.1, 0.15) is 35.4 Å². The van der Waals surface area contributed by atoms with E-state index in [1.807, 2.05) is 0 Å². The molecule has 0 aromatic heterocycles. The number of benzene rings is 2. The third-order valence-electron chi connectivity index (χ3n) is 5.63. The molecule has 34 heavy (non-hydrogen) atoms. The number of ether oxygens (including phenoxy) is 2. The lowest BCUT2D eigenvalue weighted by molar-refractivity contribution is -0.0521. The molecule has 1 aliphatic rings. The molecule has 0 saturated heterocycles. The Kier molecular flexibility index (Phi) is 8.09. The Balaban J connectivity index is 1.93. The van der Waals surface area contributed by atoms with Crippen LogP contribution < -0.4 is 0 Å². The van der Waals surface area contributed by atoms with Gasteiger partial charge in [-0.25, -0.2) is 9.59 Å². The summed E-state index contributed by atoms with van der Waals surface area (Å²) < 4.78 is 11.0. The summed E-state index contributed by atoms with van der Waals surface area (Å²) in [5.74, 6) is -2.51. The Morgan fingerprint density at radius 3 is 2.47 bits per heavy atom. The van der Waals surface area contributed by atoms with Crippen LogP contribution in [0.3, 0.4) is 0 Å². The van der Waals surface area contributed by atoms with E-state index < -0.39 is 42.1 Å². The number of phenolic OH excluding ortho intramolecular Hbond substituents is 2. The van der Waals surface area contributed by atoms with Gasteiger partial charge in [0.05, 0.1) is 11.7 Å². The largest absolute Gasteiger partial charge is 0.508 e. The number of fused-ring (bicyclic) bond motifs is 1. The Bertz CT molecular complexity index is 1080. The molecule has 0 aliphatic carbocycles. The molecule has 0 spiro atoms. The van der Waals surface area contributed by atoms with Crippen LogP contribution in [0, 0.1) is 5.92 Å². The second-order valence-electron chi connectivity index (χ2n) is 8.22. The SMILES string of the molecule is CC1OC(=O)c2c(O)cc(O)cc2/C=C/CC(O)C(O)C(OC(=O)c2ccccc2)/C=C\[C@H]1C. The summed E-state index contributed by atoms with van der Waals surface area (Å²) in [6.45, 7) is 3.42. The fourth-order valence-corrected chi connectivity index (χ4v) is 3.45. The van der Waals surface area contributed by atoms with E-state index in [9.17, 15) is 30.0 Å². The highest BCUT2D eigenvalue weighted by Crippen LogP contribution is 2.30. The molecule has 4 unspecified atom stereocenters. The van der Waals surface area contributed by atoms with Gasteiger partial charge in [0.15, 0.2) is 0 Å². The molecule has 0 radical (unpaired) electrons. The fraction of sp³-hybridized carbons (Fsp3) is 0.308. The highest BCUT2D eigenvalue weighted by atomic mass is 16.6. The first kappa shape index (κ1) is 25.0. The van der Waals surface area contributed by atoms with Crippen molar-refractivity contribution in [3.05, 3.63) is 77.4 Å². The van der Waals surface area contributed by atoms with E-state index in [0.29, 0.717) is 5.56 Å². The first-order valence-corrected chi connectivity index (χ1v) is 10.9. The topological polar surface area (TPSA) is 134 Å². The van der Waals surface area contributed by atoms with E-state index in [0.717, 1.165) is 6.07 Å². The Morgan fingerprint density at radius 1 is 1.06 bits per heavy atom. The second kappa shape index (κ2) is 11.0. The van der Waals surface area contributed by atoms with Crippen molar-refractivity contribution in [2.45, 2.75) is 44.7 Å². The molecule has 1 aliphatic heterocycles. The molecule has 2 aromatic carbocycles. The molecule has 0 bridgehead atoms. The molecule has 8 nitrogen and oxygen atoms in total. The van der Waals surface area contributed by atoms with Gasteiger partial charge in [0, 0.05) is 12.0 Å². The summed E-state index contributed by atoms with van der Waals surface area (Å²) in [6, 6.07) is 10.6. The summed E-state index contributed by atoms with van der Waals surface area (Å²) >= 11 is 0. The van der Waals surface area contributed by atoms with E-state index in [-0.39, 0.29) is 29.2 Å². The van der Waals surface area contributed by atoms with Crippen molar-refractivity contribution < 1.29 is 39.5 Å². The highest BCUT2D eigenvalue weighted by Gasteiger charge is 2.29. The molecule has 0 fully saturated rings. The van der Waals surface area contributed by atoms with Gasteiger partial charge in [-0.15, -0.1) is 0 Å². The number of hydrogen-bond donors (Lipinski definition) is 4. The maximum atomic E-state index is 12.8. The number of aliphatic hydroxyl groups is 2. The molecule has 5 atom stereocenters. The van der Waals surface area contributed by atoms with Crippen LogP contribution in [0.25, 0.3) is 6.08 Å². The van der Waals surface area contributed by atoms with Crippen LogP contribution in [0.5, 0.6) is 11.5 Å². The minimum Gasteiger partial charge on any atom is -0.508 e. The molecule has 1 heterocycles. The average molecular weight is 469 g/mol. The molecule has 180 valence electrons. The maximum absolute atomic E-state index is 12.8. The number of esters is 2. The zero-order chi connectivity index (χ0) is 24.8. The van der Waals surface area contributed by atoms with Gasteiger partial charge in [-0.1, -0.05) is 43.4 Å². The summed E-state index contributed by atoms with van der Waals surface area (Å²) in [6.07, 6.45) is 1.34. The quantitative estimate of drug-likeness (QED) is 0.390. The predicted molar refractivity (Wildman–Crippen MR) is 124 cm³/mol.